The first kappa shape index (κ1) is 32.4. The van der Waals surface area contributed by atoms with E-state index in [0.717, 1.165) is 30.4 Å². The topological polar surface area (TPSA) is 137 Å². The van der Waals surface area contributed by atoms with E-state index < -0.39 is 36.1 Å². The number of thiophene rings is 1. The summed E-state index contributed by atoms with van der Waals surface area (Å²) in [5.41, 5.74) is 7.49. The number of fused-ring (bicyclic) bond motifs is 6. The van der Waals surface area contributed by atoms with E-state index in [4.69, 9.17) is 20.2 Å². The van der Waals surface area contributed by atoms with E-state index >= 15 is 8.78 Å². The number of benzene rings is 1. The smallest absolute Gasteiger partial charge is 0.319 e. The van der Waals surface area contributed by atoms with Crippen LogP contribution >= 0.6 is 11.3 Å². The maximum Gasteiger partial charge on any atom is 0.319 e. The molecule has 2 bridgehead atoms. The summed E-state index contributed by atoms with van der Waals surface area (Å²) in [6.45, 7) is 6.30. The van der Waals surface area contributed by atoms with E-state index in [1.165, 1.54) is 0 Å². The third-order valence-electron chi connectivity index (χ3n) is 10.5. The maximum atomic E-state index is 17.4. The Bertz CT molecular complexity index is 2000. The van der Waals surface area contributed by atoms with Gasteiger partial charge >= 0.3 is 6.01 Å². The molecule has 3 aromatic heterocycles. The molecule has 0 amide bonds. The van der Waals surface area contributed by atoms with Gasteiger partial charge in [0.2, 0.25) is 0 Å². The van der Waals surface area contributed by atoms with Crippen molar-refractivity contribution in [3.05, 3.63) is 34.5 Å². The van der Waals surface area contributed by atoms with Gasteiger partial charge in [-0.2, -0.15) is 15.2 Å². The first-order valence-corrected chi connectivity index (χ1v) is 17.5. The molecule has 0 aliphatic carbocycles. The Hall–Kier alpha value is -3.81. The zero-order valence-electron chi connectivity index (χ0n) is 27.4. The van der Waals surface area contributed by atoms with Crippen LogP contribution in [0.1, 0.15) is 49.8 Å². The highest BCUT2D eigenvalue weighted by Crippen LogP contribution is 2.48. The number of nitrogen functional groups attached to an aromatic ring is 1. The molecule has 3 N–H and O–H groups in total. The average molecular weight is 695 g/mol. The molecule has 5 unspecified atom stereocenters. The summed E-state index contributed by atoms with van der Waals surface area (Å²) < 4.78 is 59.8. The van der Waals surface area contributed by atoms with Crippen molar-refractivity contribution in [2.45, 2.75) is 82.8 Å². The number of alkyl halides is 1. The van der Waals surface area contributed by atoms with Gasteiger partial charge in [-0.25, -0.2) is 13.2 Å². The number of piperazine rings is 1. The fraction of sp³-hybridized carbons (Fsp3) is 0.529. The molecule has 258 valence electrons. The molecule has 3 fully saturated rings. The van der Waals surface area contributed by atoms with Crippen LogP contribution in [0.3, 0.4) is 0 Å². The van der Waals surface area contributed by atoms with Crippen molar-refractivity contribution in [3.63, 3.8) is 0 Å². The molecule has 0 spiro atoms. The monoisotopic (exact) mass is 694 g/mol. The Morgan fingerprint density at radius 3 is 2.55 bits per heavy atom. The van der Waals surface area contributed by atoms with E-state index in [1.54, 1.807) is 13.8 Å². The van der Waals surface area contributed by atoms with Crippen LogP contribution < -0.4 is 15.4 Å². The lowest BCUT2D eigenvalue weighted by atomic mass is 9.93. The van der Waals surface area contributed by atoms with E-state index in [-0.39, 0.29) is 68.7 Å². The minimum absolute atomic E-state index is 0.0187. The molecular weight excluding hydrogens is 657 g/mol. The molecule has 6 atom stereocenters. The lowest BCUT2D eigenvalue weighted by Crippen LogP contribution is -2.55. The van der Waals surface area contributed by atoms with Crippen molar-refractivity contribution >= 4 is 43.1 Å². The fourth-order valence-electron chi connectivity index (χ4n) is 8.54. The van der Waals surface area contributed by atoms with E-state index in [1.807, 2.05) is 18.0 Å². The Morgan fingerprint density at radius 2 is 1.88 bits per heavy atom. The third-order valence-corrected chi connectivity index (χ3v) is 11.6. The van der Waals surface area contributed by atoms with Crippen LogP contribution in [-0.2, 0) is 18.0 Å². The number of anilines is 2. The number of aliphatic hydroxyl groups is 1. The molecule has 49 heavy (non-hydrogen) atoms. The first-order valence-electron chi connectivity index (χ1n) is 16.6. The highest BCUT2D eigenvalue weighted by molar-refractivity contribution is 7.23. The average Bonchev–Trinajstić information content (AvgIpc) is 3.81. The predicted octanol–water partition coefficient (Wildman–Crippen LogP) is 4.51. The second-order valence-electron chi connectivity index (χ2n) is 13.8. The SMILES string of the molecule is CC(Oc1nc(N2C3CCC2CN(C[C@@H](C)O)C3)c2c3c(c(-c4ncc(F)c5sc(N)c(C#N)c45)c(F)c2n1)COC3)C1C(F)CCN1C. The zero-order valence-corrected chi connectivity index (χ0v) is 28.2. The van der Waals surface area contributed by atoms with Gasteiger partial charge in [0.1, 0.15) is 34.7 Å². The van der Waals surface area contributed by atoms with Gasteiger partial charge in [0.25, 0.3) is 0 Å². The maximum absolute atomic E-state index is 17.4. The molecule has 0 radical (unpaired) electrons. The van der Waals surface area contributed by atoms with Crippen LogP contribution in [0.4, 0.5) is 24.0 Å². The van der Waals surface area contributed by atoms with Crippen molar-refractivity contribution in [2.75, 3.05) is 43.9 Å². The molecule has 8 rings (SSSR count). The minimum atomic E-state index is -1.10. The molecule has 7 heterocycles. The van der Waals surface area contributed by atoms with Gasteiger partial charge in [-0.05, 0) is 51.3 Å². The van der Waals surface area contributed by atoms with Crippen LogP contribution in [0.25, 0.3) is 32.2 Å². The van der Waals surface area contributed by atoms with Gasteiger partial charge in [0, 0.05) is 49.2 Å². The minimum Gasteiger partial charge on any atom is -0.459 e. The van der Waals surface area contributed by atoms with Crippen LogP contribution in [0.2, 0.25) is 0 Å². The number of ether oxygens (including phenoxy) is 2. The zero-order chi connectivity index (χ0) is 34.3. The highest BCUT2D eigenvalue weighted by atomic mass is 32.1. The van der Waals surface area contributed by atoms with Crippen LogP contribution in [0, 0.1) is 23.0 Å². The largest absolute Gasteiger partial charge is 0.459 e. The Kier molecular flexibility index (Phi) is 8.07. The van der Waals surface area contributed by atoms with E-state index in [0.29, 0.717) is 54.9 Å². The summed E-state index contributed by atoms with van der Waals surface area (Å²) in [4.78, 5) is 20.4. The van der Waals surface area contributed by atoms with Gasteiger partial charge in [-0.15, -0.1) is 11.3 Å². The number of likely N-dealkylation sites (tertiary alicyclic amines) is 2. The van der Waals surface area contributed by atoms with E-state index in [2.05, 4.69) is 19.8 Å². The first-order chi connectivity index (χ1) is 23.5. The summed E-state index contributed by atoms with van der Waals surface area (Å²) in [5.74, 6) is -0.862. The fourth-order valence-corrected chi connectivity index (χ4v) is 9.46. The number of pyridine rings is 1. The van der Waals surface area contributed by atoms with Gasteiger partial charge in [-0.1, -0.05) is 0 Å². The van der Waals surface area contributed by atoms with Crippen LogP contribution in [0.15, 0.2) is 6.20 Å². The predicted molar refractivity (Wildman–Crippen MR) is 179 cm³/mol. The number of nitrogens with two attached hydrogens (primary N) is 1. The number of β-amino-alcohol motifs (C(OH)–C–C–N with tert-alkyl or cyclic N) is 1. The summed E-state index contributed by atoms with van der Waals surface area (Å²) in [6, 6.07) is 1.53. The Balaban J connectivity index is 1.35. The van der Waals surface area contributed by atoms with Crippen LogP contribution in [-0.4, -0.2) is 99.6 Å². The Labute approximate surface area is 285 Å². The van der Waals surface area contributed by atoms with Gasteiger partial charge in [0.15, 0.2) is 11.6 Å². The van der Waals surface area contributed by atoms with Gasteiger partial charge in [0.05, 0.1) is 52.9 Å². The summed E-state index contributed by atoms with van der Waals surface area (Å²) in [7, 11) is 1.85. The molecule has 15 heteroatoms. The molecule has 1 aromatic carbocycles. The number of aliphatic hydroxyl groups excluding tert-OH is 1. The van der Waals surface area contributed by atoms with Crippen molar-refractivity contribution in [2.24, 2.45) is 0 Å². The van der Waals surface area contributed by atoms with Gasteiger partial charge < -0.3 is 25.2 Å². The molecule has 4 aliphatic heterocycles. The van der Waals surface area contributed by atoms with Crippen molar-refractivity contribution in [1.82, 2.24) is 24.8 Å². The number of nitriles is 1. The molecule has 4 aromatic rings. The van der Waals surface area contributed by atoms with Crippen LogP contribution in [0.5, 0.6) is 6.01 Å². The molecule has 11 nitrogen and oxygen atoms in total. The number of likely N-dealkylation sites (N-methyl/N-ethyl adjacent to an activating group) is 1. The quantitative estimate of drug-likeness (QED) is 0.283. The van der Waals surface area contributed by atoms with Crippen molar-refractivity contribution in [1.29, 1.82) is 5.26 Å². The molecule has 4 aliphatic rings. The van der Waals surface area contributed by atoms with Crippen molar-refractivity contribution < 1.29 is 27.8 Å². The summed E-state index contributed by atoms with van der Waals surface area (Å²) in [6.07, 6.45) is 0.975. The number of aromatic nitrogens is 3. The normalized spacial score (nSPS) is 25.3. The lowest BCUT2D eigenvalue weighted by Gasteiger charge is -2.42. The number of halogens is 3. The second-order valence-corrected chi connectivity index (χ2v) is 14.8. The number of hydrogen-bond donors (Lipinski definition) is 2. The second kappa shape index (κ2) is 12.2. The summed E-state index contributed by atoms with van der Waals surface area (Å²) in [5, 5.41) is 20.8. The number of nitrogens with zero attached hydrogens (tertiary/aromatic N) is 7. The molecule has 3 saturated heterocycles. The number of hydrogen-bond acceptors (Lipinski definition) is 12. The highest BCUT2D eigenvalue weighted by Gasteiger charge is 2.44. The molecule has 0 saturated carbocycles. The lowest BCUT2D eigenvalue weighted by molar-refractivity contribution is 0.0775. The van der Waals surface area contributed by atoms with E-state index in [9.17, 15) is 14.8 Å². The van der Waals surface area contributed by atoms with Gasteiger partial charge in [-0.3, -0.25) is 14.8 Å². The molecular formula is C34H37F3N8O3S. The Morgan fingerprint density at radius 1 is 1.14 bits per heavy atom. The summed E-state index contributed by atoms with van der Waals surface area (Å²) >= 11 is 0.915. The third kappa shape index (κ3) is 5.18. The standard InChI is InChI=1S/C34H37F3N8O3S/c1-15(46)10-44-11-17-4-5-18(12-44)45(17)33-26-21-14-47-13-20(21)24(28-25-19(8-38)32(39)49-31(25)23(36)9-40-28)27(37)29(26)41-34(42-33)48-16(2)30-22(35)6-7-43(30)3/h9,15-18,22,30,46H,4-7,10-14,39H2,1-3H3/t15-,16?,17?,18?,22?,30?/m1/s1. The number of rotatable bonds is 7. The van der Waals surface area contributed by atoms with Crippen molar-refractivity contribution in [3.8, 4) is 23.3 Å².